The van der Waals surface area contributed by atoms with E-state index in [9.17, 15) is 0 Å². The van der Waals surface area contributed by atoms with Crippen LogP contribution in [-0.4, -0.2) is 24.1 Å². The first-order chi connectivity index (χ1) is 9.74. The number of benzene rings is 1. The Morgan fingerprint density at radius 3 is 2.70 bits per heavy atom. The molecule has 1 aliphatic rings. The Hall–Kier alpha value is -1.61. The molecule has 3 heteroatoms. The van der Waals surface area contributed by atoms with Gasteiger partial charge in [0.25, 0.3) is 0 Å². The summed E-state index contributed by atoms with van der Waals surface area (Å²) in [7, 11) is 0. The molecule has 0 saturated carbocycles. The molecule has 3 nitrogen and oxygen atoms in total. The van der Waals surface area contributed by atoms with Gasteiger partial charge in [-0.2, -0.15) is 0 Å². The normalized spacial score (nSPS) is 15.4. The minimum atomic E-state index is 0.493. The molecule has 0 atom stereocenters. The molecule has 0 radical (unpaired) electrons. The third-order valence-electron chi connectivity index (χ3n) is 3.89. The van der Waals surface area contributed by atoms with E-state index in [-0.39, 0.29) is 0 Å². The lowest BCUT2D eigenvalue weighted by Crippen LogP contribution is -2.26. The zero-order valence-electron chi connectivity index (χ0n) is 12.4. The Kier molecular flexibility index (Phi) is 3.88. The van der Waals surface area contributed by atoms with E-state index in [0.717, 1.165) is 25.2 Å². The smallest absolute Gasteiger partial charge is 0.133 e. The molecular weight excluding hydrogens is 246 g/mol. The van der Waals surface area contributed by atoms with Crippen LogP contribution >= 0.6 is 0 Å². The molecule has 20 heavy (non-hydrogen) atoms. The maximum atomic E-state index is 4.92. The lowest BCUT2D eigenvalue weighted by atomic mass is 10.1. The van der Waals surface area contributed by atoms with Crippen LogP contribution in [0.3, 0.4) is 0 Å². The molecule has 1 saturated heterocycles. The van der Waals surface area contributed by atoms with E-state index in [1.807, 2.05) is 0 Å². The van der Waals surface area contributed by atoms with E-state index in [1.165, 1.54) is 29.6 Å². The minimum absolute atomic E-state index is 0.493. The van der Waals surface area contributed by atoms with Crippen molar-refractivity contribution in [1.29, 1.82) is 0 Å². The van der Waals surface area contributed by atoms with E-state index in [0.29, 0.717) is 6.04 Å². The number of para-hydroxylation sites is 1. The number of aromatic nitrogens is 1. The van der Waals surface area contributed by atoms with Gasteiger partial charge < -0.3 is 10.2 Å². The molecule has 1 aromatic carbocycles. The molecule has 3 rings (SSSR count). The highest BCUT2D eigenvalue weighted by molar-refractivity contribution is 5.81. The van der Waals surface area contributed by atoms with Crippen LogP contribution in [0.1, 0.15) is 32.3 Å². The summed E-state index contributed by atoms with van der Waals surface area (Å²) in [6.07, 6.45) is 2.57. The SMILES string of the molecule is CC(C)NCc1cc2ccccc2nc1N1CCCC1. The van der Waals surface area contributed by atoms with Crippen LogP contribution in [0.15, 0.2) is 30.3 Å². The number of nitrogens with one attached hydrogen (secondary N) is 1. The van der Waals surface area contributed by atoms with Crippen LogP contribution in [0.25, 0.3) is 10.9 Å². The predicted molar refractivity (Wildman–Crippen MR) is 85.2 cm³/mol. The first-order valence-electron chi connectivity index (χ1n) is 7.61. The van der Waals surface area contributed by atoms with Crippen LogP contribution in [0.4, 0.5) is 5.82 Å². The Morgan fingerprint density at radius 2 is 1.95 bits per heavy atom. The molecule has 0 amide bonds. The van der Waals surface area contributed by atoms with Crippen LogP contribution in [0.5, 0.6) is 0 Å². The molecule has 1 aliphatic heterocycles. The van der Waals surface area contributed by atoms with Gasteiger partial charge in [0.1, 0.15) is 5.82 Å². The summed E-state index contributed by atoms with van der Waals surface area (Å²) in [4.78, 5) is 7.36. The maximum absolute atomic E-state index is 4.92. The number of hydrogen-bond acceptors (Lipinski definition) is 3. The molecule has 0 spiro atoms. The number of pyridine rings is 1. The van der Waals surface area contributed by atoms with Gasteiger partial charge in [0.2, 0.25) is 0 Å². The van der Waals surface area contributed by atoms with Crippen molar-refractivity contribution < 1.29 is 0 Å². The Labute approximate surface area is 121 Å². The monoisotopic (exact) mass is 269 g/mol. The summed E-state index contributed by atoms with van der Waals surface area (Å²) in [5, 5.41) is 4.76. The summed E-state index contributed by atoms with van der Waals surface area (Å²) >= 11 is 0. The zero-order valence-corrected chi connectivity index (χ0v) is 12.4. The summed E-state index contributed by atoms with van der Waals surface area (Å²) in [5.74, 6) is 1.18. The molecule has 1 aromatic heterocycles. The van der Waals surface area contributed by atoms with Crippen molar-refractivity contribution in [2.24, 2.45) is 0 Å². The van der Waals surface area contributed by atoms with Crippen molar-refractivity contribution in [2.45, 2.75) is 39.3 Å². The number of rotatable bonds is 4. The number of fused-ring (bicyclic) bond motifs is 1. The number of anilines is 1. The minimum Gasteiger partial charge on any atom is -0.356 e. The number of nitrogens with zero attached hydrogens (tertiary/aromatic N) is 2. The topological polar surface area (TPSA) is 28.2 Å². The molecule has 106 valence electrons. The third-order valence-corrected chi connectivity index (χ3v) is 3.89. The quantitative estimate of drug-likeness (QED) is 0.922. The molecular formula is C17H23N3. The standard InChI is InChI=1S/C17H23N3/c1-13(2)18-12-15-11-14-7-3-4-8-16(14)19-17(15)20-9-5-6-10-20/h3-4,7-8,11,13,18H,5-6,9-10,12H2,1-2H3. The van der Waals surface area contributed by atoms with Gasteiger partial charge >= 0.3 is 0 Å². The Morgan fingerprint density at radius 1 is 1.20 bits per heavy atom. The fraction of sp³-hybridized carbons (Fsp3) is 0.471. The van der Waals surface area contributed by atoms with Crippen molar-refractivity contribution >= 4 is 16.7 Å². The van der Waals surface area contributed by atoms with Crippen LogP contribution < -0.4 is 10.2 Å². The van der Waals surface area contributed by atoms with Crippen LogP contribution in [0, 0.1) is 0 Å². The van der Waals surface area contributed by atoms with Crippen LogP contribution in [0.2, 0.25) is 0 Å². The summed E-state index contributed by atoms with van der Waals surface area (Å²) in [6.45, 7) is 7.54. The van der Waals surface area contributed by atoms with E-state index in [1.54, 1.807) is 0 Å². The molecule has 2 heterocycles. The van der Waals surface area contributed by atoms with Crippen molar-refractivity contribution in [1.82, 2.24) is 10.3 Å². The third kappa shape index (κ3) is 2.78. The van der Waals surface area contributed by atoms with Gasteiger partial charge in [0.15, 0.2) is 0 Å². The number of hydrogen-bond donors (Lipinski definition) is 1. The lowest BCUT2D eigenvalue weighted by molar-refractivity contribution is 0.588. The van der Waals surface area contributed by atoms with Crippen molar-refractivity contribution in [3.05, 3.63) is 35.9 Å². The summed E-state index contributed by atoms with van der Waals surface area (Å²) in [6, 6.07) is 11.2. The maximum Gasteiger partial charge on any atom is 0.133 e. The van der Waals surface area contributed by atoms with E-state index in [4.69, 9.17) is 4.98 Å². The fourth-order valence-corrected chi connectivity index (χ4v) is 2.80. The average molecular weight is 269 g/mol. The van der Waals surface area contributed by atoms with E-state index in [2.05, 4.69) is 54.4 Å². The lowest BCUT2D eigenvalue weighted by Gasteiger charge is -2.21. The van der Waals surface area contributed by atoms with Gasteiger partial charge in [-0.3, -0.25) is 0 Å². The molecule has 0 unspecified atom stereocenters. The van der Waals surface area contributed by atoms with Gasteiger partial charge in [0.05, 0.1) is 5.52 Å². The van der Waals surface area contributed by atoms with Crippen molar-refractivity contribution in [2.75, 3.05) is 18.0 Å². The van der Waals surface area contributed by atoms with Gasteiger partial charge in [0, 0.05) is 36.6 Å². The van der Waals surface area contributed by atoms with E-state index < -0.39 is 0 Å². The second-order valence-electron chi connectivity index (χ2n) is 5.89. The van der Waals surface area contributed by atoms with Crippen molar-refractivity contribution in [3.63, 3.8) is 0 Å². The molecule has 1 fully saturated rings. The first-order valence-corrected chi connectivity index (χ1v) is 7.61. The second-order valence-corrected chi connectivity index (χ2v) is 5.89. The van der Waals surface area contributed by atoms with Gasteiger partial charge in [-0.05, 0) is 25.0 Å². The second kappa shape index (κ2) is 5.80. The van der Waals surface area contributed by atoms with Gasteiger partial charge in [-0.1, -0.05) is 32.0 Å². The zero-order chi connectivity index (χ0) is 13.9. The molecule has 1 N–H and O–H groups in total. The average Bonchev–Trinajstić information content (AvgIpc) is 2.98. The largest absolute Gasteiger partial charge is 0.356 e. The summed E-state index contributed by atoms with van der Waals surface area (Å²) in [5.41, 5.74) is 2.42. The molecule has 0 aliphatic carbocycles. The Bertz CT molecular complexity index is 586. The van der Waals surface area contributed by atoms with E-state index >= 15 is 0 Å². The molecule has 0 bridgehead atoms. The summed E-state index contributed by atoms with van der Waals surface area (Å²) < 4.78 is 0. The fourth-order valence-electron chi connectivity index (χ4n) is 2.80. The van der Waals surface area contributed by atoms with Crippen molar-refractivity contribution in [3.8, 4) is 0 Å². The highest BCUT2D eigenvalue weighted by Crippen LogP contribution is 2.26. The van der Waals surface area contributed by atoms with Gasteiger partial charge in [-0.25, -0.2) is 4.98 Å². The highest BCUT2D eigenvalue weighted by Gasteiger charge is 2.18. The Balaban J connectivity index is 2.00. The highest BCUT2D eigenvalue weighted by atomic mass is 15.2. The molecule has 2 aromatic rings. The predicted octanol–water partition coefficient (Wildman–Crippen LogP) is 3.33. The van der Waals surface area contributed by atoms with Gasteiger partial charge in [-0.15, -0.1) is 0 Å². The first kappa shape index (κ1) is 13.4. The van der Waals surface area contributed by atoms with Crippen LogP contribution in [-0.2, 0) is 6.54 Å².